The molecule has 94 valence electrons. The molecular weight excluding hydrogens is 222 g/mol. The van der Waals surface area contributed by atoms with Crippen molar-refractivity contribution in [3.8, 4) is 11.3 Å². The summed E-state index contributed by atoms with van der Waals surface area (Å²) in [5.74, 6) is 0. The molecule has 0 aliphatic carbocycles. The number of hydrogen-bond donors (Lipinski definition) is 1. The monoisotopic (exact) mass is 241 g/mol. The maximum Gasteiger partial charge on any atom is 0.0968 e. The topological polar surface area (TPSA) is 31.9 Å². The van der Waals surface area contributed by atoms with Crippen molar-refractivity contribution in [2.75, 3.05) is 13.1 Å². The molecule has 0 saturated carbocycles. The van der Waals surface area contributed by atoms with Crippen LogP contribution >= 0.6 is 0 Å². The van der Waals surface area contributed by atoms with Crippen molar-refractivity contribution >= 4 is 0 Å². The third-order valence-corrected chi connectivity index (χ3v) is 3.78. The largest absolute Gasteiger partial charge is 0.299 e. The van der Waals surface area contributed by atoms with Gasteiger partial charge in [0.1, 0.15) is 0 Å². The van der Waals surface area contributed by atoms with E-state index in [1.165, 1.54) is 22.4 Å². The molecule has 2 heterocycles. The minimum atomic E-state index is 1.02. The Morgan fingerprint density at radius 3 is 2.78 bits per heavy atom. The van der Waals surface area contributed by atoms with Crippen molar-refractivity contribution in [3.05, 3.63) is 41.1 Å². The zero-order valence-electron chi connectivity index (χ0n) is 11.0. The van der Waals surface area contributed by atoms with Crippen LogP contribution in [0, 0.1) is 6.92 Å². The lowest BCUT2D eigenvalue weighted by Crippen LogP contribution is -2.30. The van der Waals surface area contributed by atoms with Crippen molar-refractivity contribution in [3.63, 3.8) is 0 Å². The van der Waals surface area contributed by atoms with Gasteiger partial charge in [-0.05, 0) is 13.5 Å². The highest BCUT2D eigenvalue weighted by molar-refractivity contribution is 5.64. The number of aromatic nitrogens is 2. The molecule has 2 aromatic rings. The predicted molar refractivity (Wildman–Crippen MR) is 73.4 cm³/mol. The van der Waals surface area contributed by atoms with E-state index < -0.39 is 0 Å². The number of nitrogens with one attached hydrogen (secondary N) is 1. The van der Waals surface area contributed by atoms with E-state index in [-0.39, 0.29) is 0 Å². The number of likely N-dealkylation sites (N-methyl/N-ethyl adjacent to an activating group) is 1. The molecule has 0 amide bonds. The van der Waals surface area contributed by atoms with Crippen LogP contribution in [0.4, 0.5) is 0 Å². The second kappa shape index (κ2) is 4.58. The van der Waals surface area contributed by atoms with Crippen molar-refractivity contribution in [1.29, 1.82) is 0 Å². The Hall–Kier alpha value is -1.61. The van der Waals surface area contributed by atoms with Gasteiger partial charge in [-0.1, -0.05) is 36.8 Å². The minimum Gasteiger partial charge on any atom is -0.299 e. The second-order valence-corrected chi connectivity index (χ2v) is 5.01. The predicted octanol–water partition coefficient (Wildman–Crippen LogP) is 2.76. The van der Waals surface area contributed by atoms with Gasteiger partial charge in [0.15, 0.2) is 0 Å². The molecule has 1 aliphatic rings. The SMILES string of the molecule is CCN1CCc2[nH]nc(-c3ccc(C)cc3)c2C1. The van der Waals surface area contributed by atoms with Crippen LogP contribution in [-0.4, -0.2) is 28.2 Å². The minimum absolute atomic E-state index is 1.02. The van der Waals surface area contributed by atoms with Crippen LogP contribution in [0.5, 0.6) is 0 Å². The van der Waals surface area contributed by atoms with Crippen LogP contribution in [0.1, 0.15) is 23.7 Å². The van der Waals surface area contributed by atoms with Gasteiger partial charge in [0.05, 0.1) is 5.69 Å². The average Bonchev–Trinajstić information content (AvgIpc) is 2.82. The van der Waals surface area contributed by atoms with Gasteiger partial charge < -0.3 is 0 Å². The van der Waals surface area contributed by atoms with Gasteiger partial charge in [0, 0.05) is 36.3 Å². The van der Waals surface area contributed by atoms with Crippen LogP contribution in [0.2, 0.25) is 0 Å². The number of H-pyrrole nitrogens is 1. The fourth-order valence-electron chi connectivity index (χ4n) is 2.57. The summed E-state index contributed by atoms with van der Waals surface area (Å²) in [7, 11) is 0. The Labute approximate surface area is 108 Å². The molecule has 0 bridgehead atoms. The molecule has 3 nitrogen and oxygen atoms in total. The summed E-state index contributed by atoms with van der Waals surface area (Å²) in [6.07, 6.45) is 1.09. The summed E-state index contributed by atoms with van der Waals surface area (Å²) in [4.78, 5) is 2.47. The first kappa shape index (κ1) is 11.5. The summed E-state index contributed by atoms with van der Waals surface area (Å²) >= 11 is 0. The standard InChI is InChI=1S/C15H19N3/c1-3-18-9-8-14-13(10-18)15(17-16-14)12-6-4-11(2)5-7-12/h4-7H,3,8-10H2,1-2H3,(H,16,17). The second-order valence-electron chi connectivity index (χ2n) is 5.01. The molecule has 0 atom stereocenters. The Kier molecular flexibility index (Phi) is 2.92. The Balaban J connectivity index is 1.99. The molecule has 0 saturated heterocycles. The highest BCUT2D eigenvalue weighted by Crippen LogP contribution is 2.28. The van der Waals surface area contributed by atoms with E-state index in [0.29, 0.717) is 0 Å². The smallest absolute Gasteiger partial charge is 0.0968 e. The molecule has 1 aliphatic heterocycles. The Morgan fingerprint density at radius 2 is 2.06 bits per heavy atom. The Bertz CT molecular complexity index is 539. The zero-order valence-corrected chi connectivity index (χ0v) is 11.0. The fraction of sp³-hybridized carbons (Fsp3) is 0.400. The third-order valence-electron chi connectivity index (χ3n) is 3.78. The lowest BCUT2D eigenvalue weighted by molar-refractivity contribution is 0.267. The molecule has 0 spiro atoms. The lowest BCUT2D eigenvalue weighted by atomic mass is 10.0. The van der Waals surface area contributed by atoms with E-state index in [4.69, 9.17) is 0 Å². The first-order valence-electron chi connectivity index (χ1n) is 6.63. The van der Waals surface area contributed by atoms with Gasteiger partial charge >= 0.3 is 0 Å². The molecule has 0 fully saturated rings. The van der Waals surface area contributed by atoms with E-state index >= 15 is 0 Å². The third kappa shape index (κ3) is 1.95. The molecule has 3 rings (SSSR count). The molecule has 1 aromatic carbocycles. The summed E-state index contributed by atoms with van der Waals surface area (Å²) in [5, 5.41) is 7.72. The van der Waals surface area contributed by atoms with E-state index in [2.05, 4.69) is 53.2 Å². The molecule has 18 heavy (non-hydrogen) atoms. The lowest BCUT2D eigenvalue weighted by Gasteiger charge is -2.25. The van der Waals surface area contributed by atoms with Crippen molar-refractivity contribution < 1.29 is 0 Å². The number of benzene rings is 1. The molecule has 3 heteroatoms. The van der Waals surface area contributed by atoms with Crippen LogP contribution < -0.4 is 0 Å². The molecule has 1 aromatic heterocycles. The number of nitrogens with zero attached hydrogens (tertiary/aromatic N) is 2. The zero-order chi connectivity index (χ0) is 12.5. The maximum atomic E-state index is 4.51. The highest BCUT2D eigenvalue weighted by Gasteiger charge is 2.21. The normalized spacial score (nSPS) is 15.7. The summed E-state index contributed by atoms with van der Waals surface area (Å²) in [6, 6.07) is 8.63. The number of aryl methyl sites for hydroxylation is 1. The van der Waals surface area contributed by atoms with Crippen LogP contribution in [0.3, 0.4) is 0 Å². The summed E-state index contributed by atoms with van der Waals surface area (Å²) < 4.78 is 0. The first-order valence-corrected chi connectivity index (χ1v) is 6.63. The molecule has 0 unspecified atom stereocenters. The van der Waals surface area contributed by atoms with Crippen molar-refractivity contribution in [1.82, 2.24) is 15.1 Å². The maximum absolute atomic E-state index is 4.51. The molecular formula is C15H19N3. The van der Waals surface area contributed by atoms with Crippen LogP contribution in [0.15, 0.2) is 24.3 Å². The van der Waals surface area contributed by atoms with Gasteiger partial charge in [-0.3, -0.25) is 10.00 Å². The van der Waals surface area contributed by atoms with Gasteiger partial charge in [-0.15, -0.1) is 0 Å². The molecule has 0 radical (unpaired) electrons. The van der Waals surface area contributed by atoms with Gasteiger partial charge in [0.2, 0.25) is 0 Å². The number of hydrogen-bond acceptors (Lipinski definition) is 2. The van der Waals surface area contributed by atoms with Crippen molar-refractivity contribution in [2.24, 2.45) is 0 Å². The van der Waals surface area contributed by atoms with Gasteiger partial charge in [0.25, 0.3) is 0 Å². The Morgan fingerprint density at radius 1 is 1.28 bits per heavy atom. The van der Waals surface area contributed by atoms with Gasteiger partial charge in [-0.2, -0.15) is 5.10 Å². The van der Waals surface area contributed by atoms with E-state index in [1.54, 1.807) is 0 Å². The van der Waals surface area contributed by atoms with E-state index in [9.17, 15) is 0 Å². The summed E-state index contributed by atoms with van der Waals surface area (Å²) in [6.45, 7) is 7.60. The number of aromatic amines is 1. The average molecular weight is 241 g/mol. The molecule has 1 N–H and O–H groups in total. The van der Waals surface area contributed by atoms with Crippen molar-refractivity contribution in [2.45, 2.75) is 26.8 Å². The quantitative estimate of drug-likeness (QED) is 0.876. The van der Waals surface area contributed by atoms with E-state index in [1.807, 2.05) is 0 Å². The number of fused-ring (bicyclic) bond motifs is 1. The number of rotatable bonds is 2. The first-order chi connectivity index (χ1) is 8.78. The van der Waals surface area contributed by atoms with Crippen LogP contribution in [0.25, 0.3) is 11.3 Å². The highest BCUT2D eigenvalue weighted by atomic mass is 15.2. The van der Waals surface area contributed by atoms with Gasteiger partial charge in [-0.25, -0.2) is 0 Å². The summed E-state index contributed by atoms with van der Waals surface area (Å²) in [5.41, 5.74) is 6.33. The fourth-order valence-corrected chi connectivity index (χ4v) is 2.57. The van der Waals surface area contributed by atoms with E-state index in [0.717, 1.165) is 31.7 Å². The van der Waals surface area contributed by atoms with Crippen LogP contribution in [-0.2, 0) is 13.0 Å².